The van der Waals surface area contributed by atoms with E-state index in [9.17, 15) is 9.90 Å². The van der Waals surface area contributed by atoms with Crippen LogP contribution in [0, 0.1) is 0 Å². The number of carbonyl (C=O) groups excluding carboxylic acids is 1. The maximum Gasteiger partial charge on any atom is 0.291 e. The Balaban J connectivity index is 1.62. The predicted molar refractivity (Wildman–Crippen MR) is 114 cm³/mol. The molecule has 2 heterocycles. The van der Waals surface area contributed by atoms with Crippen LogP contribution >= 0.6 is 0 Å². The van der Waals surface area contributed by atoms with Crippen LogP contribution in [0.25, 0.3) is 0 Å². The van der Waals surface area contributed by atoms with Crippen molar-refractivity contribution < 1.29 is 18.7 Å². The Kier molecular flexibility index (Phi) is 6.92. The van der Waals surface area contributed by atoms with E-state index in [4.69, 9.17) is 8.83 Å². The SMILES string of the molecule is CCNC(=NCc1cccc(NC(=O)c2ccco2)c1)NCC(C)(O)c1ccco1. The fraction of sp³-hybridized carbons (Fsp3) is 0.273. The first-order valence-electron chi connectivity index (χ1n) is 9.70. The van der Waals surface area contributed by atoms with Crippen molar-refractivity contribution in [1.82, 2.24) is 10.6 Å². The molecule has 3 rings (SSSR count). The maximum atomic E-state index is 12.1. The minimum atomic E-state index is -1.17. The van der Waals surface area contributed by atoms with Gasteiger partial charge in [0.2, 0.25) is 0 Å². The summed E-state index contributed by atoms with van der Waals surface area (Å²) in [6.45, 7) is 4.93. The minimum absolute atomic E-state index is 0.228. The number of carbonyl (C=O) groups is 1. The molecule has 1 amide bonds. The molecule has 0 fully saturated rings. The number of hydrogen-bond acceptors (Lipinski definition) is 5. The zero-order valence-corrected chi connectivity index (χ0v) is 17.0. The number of aliphatic hydroxyl groups is 1. The van der Waals surface area contributed by atoms with Crippen molar-refractivity contribution in [3.8, 4) is 0 Å². The first-order chi connectivity index (χ1) is 14.5. The van der Waals surface area contributed by atoms with Gasteiger partial charge in [0.25, 0.3) is 5.91 Å². The molecule has 4 N–H and O–H groups in total. The van der Waals surface area contributed by atoms with Crippen LogP contribution in [0.2, 0.25) is 0 Å². The Morgan fingerprint density at radius 1 is 1.10 bits per heavy atom. The van der Waals surface area contributed by atoms with E-state index >= 15 is 0 Å². The summed E-state index contributed by atoms with van der Waals surface area (Å²) in [4.78, 5) is 16.7. The van der Waals surface area contributed by atoms with Crippen LogP contribution in [-0.2, 0) is 12.1 Å². The molecule has 2 aromatic heterocycles. The van der Waals surface area contributed by atoms with E-state index in [1.54, 1.807) is 37.3 Å². The van der Waals surface area contributed by atoms with Crippen LogP contribution in [0.1, 0.15) is 35.7 Å². The van der Waals surface area contributed by atoms with E-state index in [2.05, 4.69) is 20.9 Å². The summed E-state index contributed by atoms with van der Waals surface area (Å²) < 4.78 is 10.4. The van der Waals surface area contributed by atoms with Gasteiger partial charge in [0, 0.05) is 12.2 Å². The molecule has 158 valence electrons. The molecule has 0 saturated carbocycles. The third-order valence-electron chi connectivity index (χ3n) is 4.35. The maximum absolute atomic E-state index is 12.1. The second-order valence-corrected chi connectivity index (χ2v) is 6.93. The summed E-state index contributed by atoms with van der Waals surface area (Å²) in [6.07, 6.45) is 2.99. The molecule has 0 spiro atoms. The Labute approximate surface area is 175 Å². The number of anilines is 1. The number of nitrogens with one attached hydrogen (secondary N) is 3. The van der Waals surface area contributed by atoms with Gasteiger partial charge in [0.1, 0.15) is 11.4 Å². The van der Waals surface area contributed by atoms with Crippen LogP contribution in [0.4, 0.5) is 5.69 Å². The third-order valence-corrected chi connectivity index (χ3v) is 4.35. The largest absolute Gasteiger partial charge is 0.466 e. The van der Waals surface area contributed by atoms with Gasteiger partial charge in [-0.1, -0.05) is 12.1 Å². The normalized spacial score (nSPS) is 13.5. The van der Waals surface area contributed by atoms with Crippen molar-refractivity contribution in [2.75, 3.05) is 18.4 Å². The van der Waals surface area contributed by atoms with Gasteiger partial charge in [-0.15, -0.1) is 0 Å². The summed E-state index contributed by atoms with van der Waals surface area (Å²) in [7, 11) is 0. The molecule has 8 nitrogen and oxygen atoms in total. The smallest absolute Gasteiger partial charge is 0.291 e. The summed E-state index contributed by atoms with van der Waals surface area (Å²) in [6, 6.07) is 14.2. The molecule has 0 radical (unpaired) electrons. The van der Waals surface area contributed by atoms with Gasteiger partial charge < -0.3 is 29.9 Å². The molecule has 0 bridgehead atoms. The summed E-state index contributed by atoms with van der Waals surface area (Å²) in [5, 5.41) is 19.7. The average Bonchev–Trinajstić information content (AvgIpc) is 3.45. The first-order valence-corrected chi connectivity index (χ1v) is 9.70. The highest BCUT2D eigenvalue weighted by molar-refractivity contribution is 6.02. The van der Waals surface area contributed by atoms with Gasteiger partial charge in [-0.3, -0.25) is 4.79 Å². The van der Waals surface area contributed by atoms with Crippen molar-refractivity contribution >= 4 is 17.6 Å². The van der Waals surface area contributed by atoms with Gasteiger partial charge in [-0.05, 0) is 55.8 Å². The quantitative estimate of drug-likeness (QED) is 0.335. The van der Waals surface area contributed by atoms with Crippen molar-refractivity contribution in [2.24, 2.45) is 4.99 Å². The fourth-order valence-electron chi connectivity index (χ4n) is 2.79. The summed E-state index contributed by atoms with van der Waals surface area (Å²) >= 11 is 0. The lowest BCUT2D eigenvalue weighted by Crippen LogP contribution is -2.44. The number of furan rings is 2. The lowest BCUT2D eigenvalue weighted by Gasteiger charge is -2.22. The highest BCUT2D eigenvalue weighted by atomic mass is 16.4. The lowest BCUT2D eigenvalue weighted by atomic mass is 10.0. The Morgan fingerprint density at radius 3 is 2.60 bits per heavy atom. The monoisotopic (exact) mass is 410 g/mol. The lowest BCUT2D eigenvalue weighted by molar-refractivity contribution is 0.0386. The van der Waals surface area contributed by atoms with Crippen LogP contribution < -0.4 is 16.0 Å². The number of amides is 1. The highest BCUT2D eigenvalue weighted by Crippen LogP contribution is 2.19. The van der Waals surface area contributed by atoms with Crippen LogP contribution in [0.5, 0.6) is 0 Å². The molecule has 0 aliphatic rings. The van der Waals surface area contributed by atoms with E-state index in [0.717, 1.165) is 5.56 Å². The molecule has 3 aromatic rings. The fourth-order valence-corrected chi connectivity index (χ4v) is 2.79. The Morgan fingerprint density at radius 2 is 1.90 bits per heavy atom. The number of guanidine groups is 1. The molecule has 1 atom stereocenters. The molecule has 1 unspecified atom stereocenters. The standard InChI is InChI=1S/C22H26N4O4/c1-3-23-21(25-15-22(2,28)19-10-6-12-30-19)24-14-16-7-4-8-17(13-16)26-20(27)18-9-5-11-29-18/h4-13,28H,3,14-15H2,1-2H3,(H,26,27)(H2,23,24,25). The molecular weight excluding hydrogens is 384 g/mol. The molecule has 0 aliphatic carbocycles. The molecule has 30 heavy (non-hydrogen) atoms. The zero-order valence-electron chi connectivity index (χ0n) is 17.0. The Bertz CT molecular complexity index is 963. The molecule has 0 saturated heterocycles. The number of rotatable bonds is 8. The summed E-state index contributed by atoms with van der Waals surface area (Å²) in [5.41, 5.74) is 0.403. The second-order valence-electron chi connectivity index (χ2n) is 6.93. The topological polar surface area (TPSA) is 112 Å². The van der Waals surface area contributed by atoms with E-state index in [1.165, 1.54) is 12.5 Å². The molecule has 8 heteroatoms. The van der Waals surface area contributed by atoms with E-state index < -0.39 is 5.60 Å². The van der Waals surface area contributed by atoms with Gasteiger partial charge in [0.15, 0.2) is 11.7 Å². The van der Waals surface area contributed by atoms with Gasteiger partial charge >= 0.3 is 0 Å². The number of nitrogens with zero attached hydrogens (tertiary/aromatic N) is 1. The Hall–Kier alpha value is -3.52. The molecule has 1 aromatic carbocycles. The molecular formula is C22H26N4O4. The first kappa shape index (κ1) is 21.2. The van der Waals surface area contributed by atoms with E-state index in [0.29, 0.717) is 30.5 Å². The third kappa shape index (κ3) is 5.74. The number of aliphatic imine (C=N–C) groups is 1. The number of hydrogen-bond donors (Lipinski definition) is 4. The molecule has 0 aliphatic heterocycles. The number of benzene rings is 1. The van der Waals surface area contributed by atoms with Crippen LogP contribution in [0.3, 0.4) is 0 Å². The van der Waals surface area contributed by atoms with Gasteiger partial charge in [-0.25, -0.2) is 4.99 Å². The predicted octanol–water partition coefficient (Wildman–Crippen LogP) is 3.09. The van der Waals surface area contributed by atoms with E-state index in [-0.39, 0.29) is 18.2 Å². The van der Waals surface area contributed by atoms with Crippen molar-refractivity contribution in [1.29, 1.82) is 0 Å². The highest BCUT2D eigenvalue weighted by Gasteiger charge is 2.26. The van der Waals surface area contributed by atoms with Crippen molar-refractivity contribution in [3.05, 3.63) is 78.1 Å². The summed E-state index contributed by atoms with van der Waals surface area (Å²) in [5.74, 6) is 0.983. The van der Waals surface area contributed by atoms with Crippen molar-refractivity contribution in [3.63, 3.8) is 0 Å². The van der Waals surface area contributed by atoms with Gasteiger partial charge in [-0.2, -0.15) is 0 Å². The zero-order chi connectivity index (χ0) is 21.4. The van der Waals surface area contributed by atoms with Gasteiger partial charge in [0.05, 0.1) is 25.6 Å². The minimum Gasteiger partial charge on any atom is -0.466 e. The van der Waals surface area contributed by atoms with E-state index in [1.807, 2.05) is 25.1 Å². The van der Waals surface area contributed by atoms with Crippen LogP contribution in [0.15, 0.2) is 74.9 Å². The second kappa shape index (κ2) is 9.80. The average molecular weight is 410 g/mol. The van der Waals surface area contributed by atoms with Crippen molar-refractivity contribution in [2.45, 2.75) is 26.0 Å². The van der Waals surface area contributed by atoms with Crippen LogP contribution in [-0.4, -0.2) is 30.1 Å².